The molecule has 0 fully saturated rings. The van der Waals surface area contributed by atoms with E-state index in [4.69, 9.17) is 10.5 Å². The third kappa shape index (κ3) is 89.3. The van der Waals surface area contributed by atoms with Gasteiger partial charge in [0.15, 0.2) is 0 Å². The maximum absolute atomic E-state index is 6.00. The van der Waals surface area contributed by atoms with Gasteiger partial charge in [-0.15, -0.1) is 0 Å². The van der Waals surface area contributed by atoms with E-state index in [0.717, 1.165) is 0 Å². The first-order chi connectivity index (χ1) is 2.41. The van der Waals surface area contributed by atoms with Crippen molar-refractivity contribution in [1.29, 1.82) is 0 Å². The molecule has 0 unspecified atom stereocenters. The van der Waals surface area contributed by atoms with Gasteiger partial charge >= 0.3 is 29.6 Å². The average Bonchev–Trinajstić information content (AvgIpc) is 1.46. The minimum atomic E-state index is 0. The van der Waals surface area contributed by atoms with Crippen molar-refractivity contribution in [1.82, 2.24) is 0 Å². The van der Waals surface area contributed by atoms with E-state index in [2.05, 4.69) is 13.8 Å². The molecule has 0 rings (SSSR count). The molecule has 36 valence electrons. The van der Waals surface area contributed by atoms with Crippen LogP contribution in [0.25, 0.3) is 0 Å². The number of hydrogen-bond donors (Lipinski definition) is 2. The molecule has 0 aliphatic rings. The van der Waals surface area contributed by atoms with Crippen LogP contribution in [0.1, 0.15) is 20.3 Å². The van der Waals surface area contributed by atoms with E-state index < -0.39 is 0 Å². The molecule has 0 radical (unpaired) electrons. The Bertz CT molecular complexity index is 8.75. The summed E-state index contributed by atoms with van der Waals surface area (Å²) in [5, 5.41) is 12.0. The molecular formula is C3H11NaO2. The van der Waals surface area contributed by atoms with Gasteiger partial charge in [0.05, 0.1) is 0 Å². The normalized spacial score (nSPS) is 4.00. The quantitative estimate of drug-likeness (QED) is 0.269. The standard InChI is InChI=1S/C3H8.Na.H2O2.H/c1-3-2;;1-2;/h3H2,1-2H3;;1-2H;. The summed E-state index contributed by atoms with van der Waals surface area (Å²) in [6, 6.07) is 0. The van der Waals surface area contributed by atoms with Crippen LogP contribution < -0.4 is 0 Å². The van der Waals surface area contributed by atoms with Gasteiger partial charge in [-0.1, -0.05) is 20.3 Å². The van der Waals surface area contributed by atoms with E-state index in [1.807, 2.05) is 0 Å². The molecule has 2 nitrogen and oxygen atoms in total. The van der Waals surface area contributed by atoms with Gasteiger partial charge < -0.3 is 0 Å². The fraction of sp³-hybridized carbons (Fsp3) is 1.00. The summed E-state index contributed by atoms with van der Waals surface area (Å²) in [6.07, 6.45) is 1.25. The molecule has 0 spiro atoms. The van der Waals surface area contributed by atoms with Crippen LogP contribution in [0.3, 0.4) is 0 Å². The first-order valence-electron chi connectivity index (χ1n) is 1.61. The van der Waals surface area contributed by atoms with Crippen LogP contribution in [0.15, 0.2) is 0 Å². The Kier molecular flexibility index (Phi) is 102. The second kappa shape index (κ2) is 38.9. The van der Waals surface area contributed by atoms with E-state index in [-0.39, 0.29) is 29.6 Å². The van der Waals surface area contributed by atoms with E-state index in [1.54, 1.807) is 0 Å². The Balaban J connectivity index is -0.0000000275. The topological polar surface area (TPSA) is 40.5 Å². The molecule has 0 saturated heterocycles. The Labute approximate surface area is 60.4 Å². The summed E-state index contributed by atoms with van der Waals surface area (Å²) in [4.78, 5) is 0. The molecule has 0 aliphatic carbocycles. The van der Waals surface area contributed by atoms with Crippen LogP contribution in [0.2, 0.25) is 0 Å². The van der Waals surface area contributed by atoms with E-state index in [9.17, 15) is 0 Å². The molecule has 0 bridgehead atoms. The first kappa shape index (κ1) is 15.8. The van der Waals surface area contributed by atoms with Gasteiger partial charge in [-0.25, -0.2) is 0 Å². The predicted octanol–water partition coefficient (Wildman–Crippen LogP) is 0.785. The van der Waals surface area contributed by atoms with Crippen LogP contribution in [0, 0.1) is 0 Å². The molecule has 0 saturated carbocycles. The van der Waals surface area contributed by atoms with Gasteiger partial charge in [0.1, 0.15) is 0 Å². The zero-order valence-electron chi connectivity index (χ0n) is 3.60. The van der Waals surface area contributed by atoms with Crippen LogP contribution in [-0.4, -0.2) is 40.1 Å². The zero-order chi connectivity index (χ0) is 4.71. The van der Waals surface area contributed by atoms with Crippen molar-refractivity contribution in [3.05, 3.63) is 0 Å². The summed E-state index contributed by atoms with van der Waals surface area (Å²) < 4.78 is 0. The van der Waals surface area contributed by atoms with Crippen LogP contribution in [0.5, 0.6) is 0 Å². The predicted molar refractivity (Wildman–Crippen MR) is 28.4 cm³/mol. The summed E-state index contributed by atoms with van der Waals surface area (Å²) in [7, 11) is 0. The summed E-state index contributed by atoms with van der Waals surface area (Å²) in [5.74, 6) is 0. The van der Waals surface area contributed by atoms with E-state index in [1.165, 1.54) is 6.42 Å². The Morgan fingerprint density at radius 1 is 1.17 bits per heavy atom. The molecule has 0 aromatic carbocycles. The molecule has 6 heavy (non-hydrogen) atoms. The number of rotatable bonds is 0. The van der Waals surface area contributed by atoms with Gasteiger partial charge in [0.2, 0.25) is 0 Å². The molecular weight excluding hydrogens is 91.0 g/mol. The molecule has 0 amide bonds. The summed E-state index contributed by atoms with van der Waals surface area (Å²) in [6.45, 7) is 4.25. The maximum atomic E-state index is 6.00. The van der Waals surface area contributed by atoms with Gasteiger partial charge in [-0.05, 0) is 0 Å². The van der Waals surface area contributed by atoms with Crippen molar-refractivity contribution >= 4 is 29.6 Å². The van der Waals surface area contributed by atoms with Crippen molar-refractivity contribution in [2.45, 2.75) is 20.3 Å². The SMILES string of the molecule is CCC.OO.[NaH]. The van der Waals surface area contributed by atoms with Gasteiger partial charge in [0, 0.05) is 0 Å². The van der Waals surface area contributed by atoms with Gasteiger partial charge in [-0.3, -0.25) is 10.5 Å². The summed E-state index contributed by atoms with van der Waals surface area (Å²) in [5.41, 5.74) is 0. The van der Waals surface area contributed by atoms with Crippen molar-refractivity contribution in [2.75, 3.05) is 0 Å². The Morgan fingerprint density at radius 2 is 1.17 bits per heavy atom. The Hall–Kier alpha value is 0.920. The molecule has 0 aromatic heterocycles. The fourth-order valence-electron chi connectivity index (χ4n) is 0. The first-order valence-corrected chi connectivity index (χ1v) is 1.61. The Morgan fingerprint density at radius 3 is 1.17 bits per heavy atom. The second-order valence-electron chi connectivity index (χ2n) is 0.707. The van der Waals surface area contributed by atoms with Gasteiger partial charge in [-0.2, -0.15) is 0 Å². The van der Waals surface area contributed by atoms with E-state index in [0.29, 0.717) is 0 Å². The molecule has 0 atom stereocenters. The van der Waals surface area contributed by atoms with Crippen LogP contribution in [-0.2, 0) is 0 Å². The molecule has 0 heterocycles. The van der Waals surface area contributed by atoms with Crippen molar-refractivity contribution in [2.24, 2.45) is 0 Å². The fourth-order valence-corrected chi connectivity index (χ4v) is 0. The van der Waals surface area contributed by atoms with Crippen LogP contribution in [0.4, 0.5) is 0 Å². The molecule has 2 N–H and O–H groups in total. The monoisotopic (exact) mass is 102 g/mol. The van der Waals surface area contributed by atoms with Crippen LogP contribution >= 0.6 is 0 Å². The molecule has 0 aromatic rings. The third-order valence-electron chi connectivity index (χ3n) is 0. The second-order valence-corrected chi connectivity index (χ2v) is 0.707. The van der Waals surface area contributed by atoms with Crippen molar-refractivity contribution < 1.29 is 10.5 Å². The third-order valence-corrected chi connectivity index (χ3v) is 0. The van der Waals surface area contributed by atoms with Crippen molar-refractivity contribution in [3.8, 4) is 0 Å². The number of hydrogen-bond acceptors (Lipinski definition) is 2. The minimum absolute atomic E-state index is 0. The zero-order valence-corrected chi connectivity index (χ0v) is 3.60. The van der Waals surface area contributed by atoms with E-state index >= 15 is 0 Å². The summed E-state index contributed by atoms with van der Waals surface area (Å²) >= 11 is 0. The molecule has 3 heteroatoms. The van der Waals surface area contributed by atoms with Gasteiger partial charge in [0.25, 0.3) is 0 Å². The van der Waals surface area contributed by atoms with Crippen molar-refractivity contribution in [3.63, 3.8) is 0 Å². The average molecular weight is 102 g/mol. The molecule has 0 aliphatic heterocycles.